The van der Waals surface area contributed by atoms with Crippen molar-refractivity contribution < 1.29 is 9.53 Å². The van der Waals surface area contributed by atoms with Crippen LogP contribution < -0.4 is 10.2 Å². The fourth-order valence-corrected chi connectivity index (χ4v) is 2.11. The number of carbonyl (C=O) groups excluding carboxylic acids is 1. The molecule has 1 aromatic carbocycles. The number of aryl methyl sites for hydroxylation is 2. The van der Waals surface area contributed by atoms with Gasteiger partial charge in [-0.15, -0.1) is 0 Å². The topological polar surface area (TPSA) is 41.6 Å². The first kappa shape index (κ1) is 15.5. The molecule has 0 unspecified atom stereocenters. The van der Waals surface area contributed by atoms with Crippen LogP contribution in [0.2, 0.25) is 0 Å². The Bertz CT molecular complexity index is 456. The monoisotopic (exact) mass is 264 g/mol. The summed E-state index contributed by atoms with van der Waals surface area (Å²) in [6, 6.07) is 4.03. The van der Waals surface area contributed by atoms with Gasteiger partial charge in [0.1, 0.15) is 5.75 Å². The summed E-state index contributed by atoms with van der Waals surface area (Å²) in [5.41, 5.74) is 5.30. The molecule has 1 amide bonds. The van der Waals surface area contributed by atoms with Gasteiger partial charge < -0.3 is 4.74 Å². The molecule has 1 rings (SSSR count). The first-order valence-corrected chi connectivity index (χ1v) is 6.34. The van der Waals surface area contributed by atoms with Gasteiger partial charge in [-0.2, -0.15) is 0 Å². The van der Waals surface area contributed by atoms with Gasteiger partial charge in [-0.25, -0.2) is 5.01 Å². The van der Waals surface area contributed by atoms with Crippen LogP contribution in [0.4, 0.5) is 0 Å². The van der Waals surface area contributed by atoms with Gasteiger partial charge in [0, 0.05) is 14.1 Å². The van der Waals surface area contributed by atoms with Crippen molar-refractivity contribution in [2.45, 2.75) is 33.1 Å². The van der Waals surface area contributed by atoms with E-state index in [4.69, 9.17) is 4.74 Å². The summed E-state index contributed by atoms with van der Waals surface area (Å²) in [6.45, 7) is 7.84. The Hall–Kier alpha value is -1.55. The summed E-state index contributed by atoms with van der Waals surface area (Å²) in [5.74, 6) is 0.856. The standard InChI is InChI=1S/C15H24N2O2/c1-10-8-12(9-11(2)13(10)19-7)15(3,4)14(18)16-17(5)6/h8-9H,1-7H3,(H,16,18). The zero-order chi connectivity index (χ0) is 14.8. The summed E-state index contributed by atoms with van der Waals surface area (Å²) >= 11 is 0. The van der Waals surface area contributed by atoms with Crippen LogP contribution in [-0.2, 0) is 10.2 Å². The maximum Gasteiger partial charge on any atom is 0.244 e. The van der Waals surface area contributed by atoms with E-state index in [-0.39, 0.29) is 5.91 Å². The molecule has 19 heavy (non-hydrogen) atoms. The van der Waals surface area contributed by atoms with Crippen LogP contribution >= 0.6 is 0 Å². The number of benzene rings is 1. The Labute approximate surface area is 115 Å². The highest BCUT2D eigenvalue weighted by molar-refractivity contribution is 5.87. The van der Waals surface area contributed by atoms with Crippen LogP contribution in [-0.4, -0.2) is 32.1 Å². The summed E-state index contributed by atoms with van der Waals surface area (Å²) in [7, 11) is 5.27. The van der Waals surface area contributed by atoms with Gasteiger partial charge in [0.15, 0.2) is 0 Å². The van der Waals surface area contributed by atoms with E-state index in [1.165, 1.54) is 0 Å². The second-order valence-corrected chi connectivity index (χ2v) is 5.60. The van der Waals surface area contributed by atoms with Crippen LogP contribution in [0.1, 0.15) is 30.5 Å². The molecule has 4 nitrogen and oxygen atoms in total. The number of nitrogens with one attached hydrogen (secondary N) is 1. The van der Waals surface area contributed by atoms with E-state index >= 15 is 0 Å². The summed E-state index contributed by atoms with van der Waals surface area (Å²) in [5, 5.41) is 1.66. The molecular weight excluding hydrogens is 240 g/mol. The molecule has 0 radical (unpaired) electrons. The molecule has 0 bridgehead atoms. The number of nitrogens with zero attached hydrogens (tertiary/aromatic N) is 1. The maximum atomic E-state index is 12.3. The number of hydrogen-bond donors (Lipinski definition) is 1. The van der Waals surface area contributed by atoms with Crippen molar-refractivity contribution in [3.63, 3.8) is 0 Å². The lowest BCUT2D eigenvalue weighted by Gasteiger charge is -2.27. The number of amides is 1. The Morgan fingerprint density at radius 2 is 1.68 bits per heavy atom. The van der Waals surface area contributed by atoms with Crippen molar-refractivity contribution >= 4 is 5.91 Å². The minimum absolute atomic E-state index is 0.0264. The van der Waals surface area contributed by atoms with Crippen LogP contribution in [0.25, 0.3) is 0 Å². The van der Waals surface area contributed by atoms with Gasteiger partial charge in [-0.05, 0) is 44.4 Å². The molecule has 1 N–H and O–H groups in total. The fourth-order valence-electron chi connectivity index (χ4n) is 2.11. The molecule has 1 aromatic rings. The van der Waals surface area contributed by atoms with Crippen molar-refractivity contribution in [2.24, 2.45) is 0 Å². The molecule has 0 heterocycles. The second kappa shape index (κ2) is 5.61. The zero-order valence-corrected chi connectivity index (χ0v) is 12.9. The number of ether oxygens (including phenoxy) is 1. The van der Waals surface area contributed by atoms with Crippen molar-refractivity contribution in [3.05, 3.63) is 28.8 Å². The smallest absolute Gasteiger partial charge is 0.244 e. The Morgan fingerprint density at radius 1 is 1.21 bits per heavy atom. The number of rotatable bonds is 4. The zero-order valence-electron chi connectivity index (χ0n) is 12.9. The molecule has 0 atom stereocenters. The van der Waals surface area contributed by atoms with Gasteiger partial charge in [0.25, 0.3) is 0 Å². The van der Waals surface area contributed by atoms with Gasteiger partial charge in [0.2, 0.25) is 5.91 Å². The predicted octanol–water partition coefficient (Wildman–Crippen LogP) is 2.18. The van der Waals surface area contributed by atoms with Crippen LogP contribution in [0.5, 0.6) is 5.75 Å². The van der Waals surface area contributed by atoms with E-state index in [1.807, 2.05) is 39.8 Å². The van der Waals surface area contributed by atoms with E-state index in [1.54, 1.807) is 26.2 Å². The number of hydrazine groups is 1. The van der Waals surface area contributed by atoms with E-state index in [0.29, 0.717) is 0 Å². The molecule has 106 valence electrons. The lowest BCUT2D eigenvalue weighted by atomic mass is 9.82. The molecule has 0 aliphatic heterocycles. The van der Waals surface area contributed by atoms with Crippen LogP contribution in [0.15, 0.2) is 12.1 Å². The van der Waals surface area contributed by atoms with Crippen molar-refractivity contribution in [3.8, 4) is 5.75 Å². The molecule has 0 aliphatic rings. The normalized spacial score (nSPS) is 11.6. The van der Waals surface area contributed by atoms with Gasteiger partial charge in [-0.3, -0.25) is 10.2 Å². The summed E-state index contributed by atoms with van der Waals surface area (Å²) in [4.78, 5) is 12.3. The third-order valence-electron chi connectivity index (χ3n) is 3.28. The average Bonchev–Trinajstić information content (AvgIpc) is 2.27. The highest BCUT2D eigenvalue weighted by Crippen LogP contribution is 2.31. The Morgan fingerprint density at radius 3 is 2.05 bits per heavy atom. The fraction of sp³-hybridized carbons (Fsp3) is 0.533. The lowest BCUT2D eigenvalue weighted by Crippen LogP contribution is -2.46. The van der Waals surface area contributed by atoms with Crippen molar-refractivity contribution in [1.82, 2.24) is 10.4 Å². The quantitative estimate of drug-likeness (QED) is 0.848. The molecule has 0 saturated carbocycles. The van der Waals surface area contributed by atoms with E-state index in [0.717, 1.165) is 22.4 Å². The molecule has 0 spiro atoms. The Balaban J connectivity index is 3.18. The van der Waals surface area contributed by atoms with Gasteiger partial charge in [-0.1, -0.05) is 12.1 Å². The SMILES string of the molecule is COc1c(C)cc(C(C)(C)C(=O)NN(C)C)cc1C. The number of hydrogen-bond acceptors (Lipinski definition) is 3. The molecule has 0 aliphatic carbocycles. The van der Waals surface area contributed by atoms with Crippen molar-refractivity contribution in [1.29, 1.82) is 0 Å². The molecular formula is C15H24N2O2. The minimum atomic E-state index is -0.591. The average molecular weight is 264 g/mol. The van der Waals surface area contributed by atoms with E-state index < -0.39 is 5.41 Å². The first-order valence-electron chi connectivity index (χ1n) is 6.34. The highest BCUT2D eigenvalue weighted by atomic mass is 16.5. The number of carbonyl (C=O) groups is 1. The third-order valence-corrected chi connectivity index (χ3v) is 3.28. The van der Waals surface area contributed by atoms with Gasteiger partial charge >= 0.3 is 0 Å². The molecule has 0 aromatic heterocycles. The van der Waals surface area contributed by atoms with E-state index in [9.17, 15) is 4.79 Å². The van der Waals surface area contributed by atoms with Crippen LogP contribution in [0, 0.1) is 13.8 Å². The Kier molecular flexibility index (Phi) is 4.58. The number of methoxy groups -OCH3 is 1. The predicted molar refractivity (Wildman–Crippen MR) is 77.3 cm³/mol. The van der Waals surface area contributed by atoms with Crippen molar-refractivity contribution in [2.75, 3.05) is 21.2 Å². The van der Waals surface area contributed by atoms with Gasteiger partial charge in [0.05, 0.1) is 12.5 Å². The molecule has 4 heteroatoms. The summed E-state index contributed by atoms with van der Waals surface area (Å²) < 4.78 is 5.36. The minimum Gasteiger partial charge on any atom is -0.496 e. The van der Waals surface area contributed by atoms with Crippen LogP contribution in [0.3, 0.4) is 0 Å². The molecule has 0 saturated heterocycles. The largest absolute Gasteiger partial charge is 0.496 e. The maximum absolute atomic E-state index is 12.3. The summed E-state index contributed by atoms with van der Waals surface area (Å²) in [6.07, 6.45) is 0. The highest BCUT2D eigenvalue weighted by Gasteiger charge is 2.31. The van der Waals surface area contributed by atoms with E-state index in [2.05, 4.69) is 5.43 Å². The second-order valence-electron chi connectivity index (χ2n) is 5.60. The third kappa shape index (κ3) is 3.26. The molecule has 0 fully saturated rings. The first-order chi connectivity index (χ1) is 8.70. The lowest BCUT2D eigenvalue weighted by molar-refractivity contribution is -0.129.